The molecule has 0 spiro atoms. The lowest BCUT2D eigenvalue weighted by atomic mass is 9.91. The molecule has 0 aromatic carbocycles. The Hall–Kier alpha value is 0.290. The van der Waals surface area contributed by atoms with Gasteiger partial charge in [-0.05, 0) is 19.3 Å². The van der Waals surface area contributed by atoms with Crippen molar-refractivity contribution in [1.29, 1.82) is 0 Å². The predicted octanol–water partition coefficient (Wildman–Crippen LogP) is 4.22. The summed E-state index contributed by atoms with van der Waals surface area (Å²) in [6, 6.07) is 0. The lowest BCUT2D eigenvalue weighted by molar-refractivity contribution is 0.412. The van der Waals surface area contributed by atoms with Crippen LogP contribution in [0, 0.1) is 5.92 Å². The largest absolute Gasteiger partial charge is 0.119 e. The molecule has 0 radical (unpaired) electrons. The van der Waals surface area contributed by atoms with Gasteiger partial charge in [0.25, 0.3) is 0 Å². The van der Waals surface area contributed by atoms with E-state index in [1.807, 2.05) is 0 Å². The zero-order valence-electron chi connectivity index (χ0n) is 8.28. The van der Waals surface area contributed by atoms with E-state index in [-0.39, 0.29) is 4.87 Å². The van der Waals surface area contributed by atoms with Crippen LogP contribution in [0.25, 0.3) is 0 Å². The van der Waals surface area contributed by atoms with Crippen molar-refractivity contribution in [3.05, 3.63) is 0 Å². The molecule has 0 nitrogen and oxygen atoms in total. The second-order valence-electron chi connectivity index (χ2n) is 3.89. The lowest BCUT2D eigenvalue weighted by Gasteiger charge is -2.26. The molecule has 0 saturated carbocycles. The molecule has 0 aliphatic rings. The third-order valence-corrected chi connectivity index (χ3v) is 3.10. The molecule has 11 heavy (non-hydrogen) atoms. The molecule has 68 valence electrons. The molecular weight excluding hydrogens is 156 g/mol. The molecule has 0 aliphatic carbocycles. The molecule has 1 heteroatoms. The summed E-state index contributed by atoms with van der Waals surface area (Å²) in [4.78, 5) is 0.0230. The minimum atomic E-state index is 0.0230. The molecule has 0 bridgehead atoms. The number of unbranched alkanes of at least 4 members (excludes halogenated alkanes) is 2. The van der Waals surface area contributed by atoms with E-state index in [1.165, 1.54) is 19.3 Å². The van der Waals surface area contributed by atoms with Crippen LogP contribution in [-0.2, 0) is 0 Å². The third kappa shape index (κ3) is 4.68. The van der Waals surface area contributed by atoms with Gasteiger partial charge in [0.15, 0.2) is 0 Å². The van der Waals surface area contributed by atoms with Crippen LogP contribution in [0.3, 0.4) is 0 Å². The van der Waals surface area contributed by atoms with E-state index in [4.69, 9.17) is 11.6 Å². The molecule has 1 unspecified atom stereocenters. The summed E-state index contributed by atoms with van der Waals surface area (Å²) in [5, 5.41) is 0. The normalized spacial score (nSPS) is 16.9. The van der Waals surface area contributed by atoms with E-state index in [0.717, 1.165) is 6.42 Å². The topological polar surface area (TPSA) is 0 Å². The molecule has 0 N–H and O–H groups in total. The van der Waals surface area contributed by atoms with Gasteiger partial charge in [0.05, 0.1) is 0 Å². The van der Waals surface area contributed by atoms with Gasteiger partial charge >= 0.3 is 0 Å². The van der Waals surface area contributed by atoms with Crippen molar-refractivity contribution in [3.63, 3.8) is 0 Å². The summed E-state index contributed by atoms with van der Waals surface area (Å²) in [6.45, 7) is 8.76. The lowest BCUT2D eigenvalue weighted by Crippen LogP contribution is -2.23. The summed E-state index contributed by atoms with van der Waals surface area (Å²) in [7, 11) is 0. The molecule has 0 amide bonds. The first-order valence-corrected chi connectivity index (χ1v) is 5.07. The predicted molar refractivity (Wildman–Crippen MR) is 53.2 cm³/mol. The number of hydrogen-bond donors (Lipinski definition) is 0. The van der Waals surface area contributed by atoms with Gasteiger partial charge in [0.1, 0.15) is 0 Å². The van der Waals surface area contributed by atoms with Gasteiger partial charge in [-0.25, -0.2) is 0 Å². The maximum atomic E-state index is 6.31. The first kappa shape index (κ1) is 11.3. The Morgan fingerprint density at radius 3 is 2.18 bits per heavy atom. The van der Waals surface area contributed by atoms with Crippen LogP contribution in [0.4, 0.5) is 0 Å². The van der Waals surface area contributed by atoms with Gasteiger partial charge in [-0.3, -0.25) is 0 Å². The van der Waals surface area contributed by atoms with E-state index < -0.39 is 0 Å². The van der Waals surface area contributed by atoms with Crippen molar-refractivity contribution >= 4 is 11.6 Å². The third-order valence-electron chi connectivity index (χ3n) is 2.47. The fourth-order valence-electron chi connectivity index (χ4n) is 1.01. The van der Waals surface area contributed by atoms with Gasteiger partial charge in [-0.15, -0.1) is 11.6 Å². The molecule has 0 aliphatic heterocycles. The van der Waals surface area contributed by atoms with Crippen LogP contribution >= 0.6 is 11.6 Å². The smallest absolute Gasteiger partial charge is 0.0441 e. The zero-order chi connectivity index (χ0) is 8.91. The molecule has 0 fully saturated rings. The Balaban J connectivity index is 3.55. The number of rotatable bonds is 5. The number of halogens is 1. The molecule has 0 rings (SSSR count). The van der Waals surface area contributed by atoms with Crippen molar-refractivity contribution in [1.82, 2.24) is 0 Å². The van der Waals surface area contributed by atoms with Crippen molar-refractivity contribution in [3.8, 4) is 0 Å². The first-order chi connectivity index (χ1) is 5.00. The van der Waals surface area contributed by atoms with E-state index in [0.29, 0.717) is 5.92 Å². The maximum Gasteiger partial charge on any atom is 0.0441 e. The summed E-state index contributed by atoms with van der Waals surface area (Å²) in [6.07, 6.45) is 5.02. The highest BCUT2D eigenvalue weighted by molar-refractivity contribution is 6.23. The standard InChI is InChI=1S/C10H21Cl/c1-5-6-7-8-10(4,11)9(2)3/h9H,5-8H2,1-4H3. The van der Waals surface area contributed by atoms with Gasteiger partial charge < -0.3 is 0 Å². The molecule has 0 aromatic rings. The summed E-state index contributed by atoms with van der Waals surface area (Å²) in [5.41, 5.74) is 0. The molecule has 0 saturated heterocycles. The van der Waals surface area contributed by atoms with Crippen LogP contribution in [0.2, 0.25) is 0 Å². The second-order valence-corrected chi connectivity index (χ2v) is 4.75. The summed E-state index contributed by atoms with van der Waals surface area (Å²) < 4.78 is 0. The van der Waals surface area contributed by atoms with Crippen molar-refractivity contribution in [2.75, 3.05) is 0 Å². The van der Waals surface area contributed by atoms with Crippen molar-refractivity contribution in [2.24, 2.45) is 5.92 Å². The Morgan fingerprint density at radius 1 is 1.27 bits per heavy atom. The minimum Gasteiger partial charge on any atom is -0.119 e. The van der Waals surface area contributed by atoms with Crippen LogP contribution < -0.4 is 0 Å². The fourth-order valence-corrected chi connectivity index (χ4v) is 1.14. The highest BCUT2D eigenvalue weighted by Gasteiger charge is 2.23. The number of hydrogen-bond acceptors (Lipinski definition) is 0. The van der Waals surface area contributed by atoms with E-state index >= 15 is 0 Å². The van der Waals surface area contributed by atoms with Crippen molar-refractivity contribution < 1.29 is 0 Å². The summed E-state index contributed by atoms with van der Waals surface area (Å²) in [5.74, 6) is 0.584. The SMILES string of the molecule is CCCCCC(C)(Cl)C(C)C. The van der Waals surface area contributed by atoms with E-state index in [1.54, 1.807) is 0 Å². The Bertz CT molecular complexity index is 95.0. The average Bonchev–Trinajstić information content (AvgIpc) is 1.88. The van der Waals surface area contributed by atoms with Crippen LogP contribution in [0.5, 0.6) is 0 Å². The van der Waals surface area contributed by atoms with Gasteiger partial charge in [0.2, 0.25) is 0 Å². The molecular formula is C10H21Cl. The zero-order valence-corrected chi connectivity index (χ0v) is 9.04. The second kappa shape index (κ2) is 5.03. The van der Waals surface area contributed by atoms with Crippen molar-refractivity contribution in [2.45, 2.75) is 58.3 Å². The fraction of sp³-hybridized carbons (Fsp3) is 1.00. The van der Waals surface area contributed by atoms with Gasteiger partial charge in [-0.2, -0.15) is 0 Å². The Labute approximate surface area is 76.3 Å². The first-order valence-electron chi connectivity index (χ1n) is 4.69. The molecule has 0 aromatic heterocycles. The van der Waals surface area contributed by atoms with Gasteiger partial charge in [0, 0.05) is 4.87 Å². The average molecular weight is 177 g/mol. The Morgan fingerprint density at radius 2 is 1.82 bits per heavy atom. The number of alkyl halides is 1. The molecule has 1 atom stereocenters. The minimum absolute atomic E-state index is 0.0230. The quantitative estimate of drug-likeness (QED) is 0.435. The van der Waals surface area contributed by atoms with E-state index in [9.17, 15) is 0 Å². The summed E-state index contributed by atoms with van der Waals surface area (Å²) >= 11 is 6.31. The molecule has 0 heterocycles. The van der Waals surface area contributed by atoms with Crippen LogP contribution in [0.15, 0.2) is 0 Å². The Kier molecular flexibility index (Phi) is 5.16. The van der Waals surface area contributed by atoms with Crippen LogP contribution in [-0.4, -0.2) is 4.87 Å². The highest BCUT2D eigenvalue weighted by atomic mass is 35.5. The van der Waals surface area contributed by atoms with Crippen LogP contribution in [0.1, 0.15) is 53.4 Å². The monoisotopic (exact) mass is 176 g/mol. The highest BCUT2D eigenvalue weighted by Crippen LogP contribution is 2.30. The van der Waals surface area contributed by atoms with E-state index in [2.05, 4.69) is 27.7 Å². The maximum absolute atomic E-state index is 6.31. The van der Waals surface area contributed by atoms with Gasteiger partial charge in [-0.1, -0.05) is 40.0 Å².